The Kier molecular flexibility index (Phi) is 5.13. The Bertz CT molecular complexity index is 1120. The molecular weight excluding hydrogens is 436 g/mol. The molecule has 0 aliphatic heterocycles. The third-order valence-corrected chi connectivity index (χ3v) is 7.04. The first-order valence-corrected chi connectivity index (χ1v) is 10.2. The van der Waals surface area contributed by atoms with Gasteiger partial charge in [-0.1, -0.05) is 70.7 Å². The van der Waals surface area contributed by atoms with Crippen molar-refractivity contribution in [3.63, 3.8) is 0 Å². The first-order valence-electron chi connectivity index (χ1n) is 8.73. The van der Waals surface area contributed by atoms with E-state index < -0.39 is 0 Å². The largest absolute Gasteiger partial charge is 0.315 e. The van der Waals surface area contributed by atoms with Crippen molar-refractivity contribution in [1.82, 2.24) is 0 Å². The molecule has 1 aliphatic carbocycles. The van der Waals surface area contributed by atoms with Crippen molar-refractivity contribution in [3.8, 4) is 0 Å². The van der Waals surface area contributed by atoms with E-state index in [1.54, 1.807) is 18.0 Å². The summed E-state index contributed by atoms with van der Waals surface area (Å²) >= 11 is 24.8. The highest BCUT2D eigenvalue weighted by Crippen LogP contribution is 2.42. The number of anilines is 2. The lowest BCUT2D eigenvalue weighted by Gasteiger charge is -2.30. The lowest BCUT2D eigenvalue weighted by molar-refractivity contribution is 1.02. The van der Waals surface area contributed by atoms with Gasteiger partial charge in [0.1, 0.15) is 0 Å². The van der Waals surface area contributed by atoms with E-state index in [2.05, 4.69) is 30.3 Å². The van der Waals surface area contributed by atoms with Crippen molar-refractivity contribution in [1.29, 1.82) is 5.41 Å². The molecule has 3 aromatic rings. The number of nitrogens with zero attached hydrogens (tertiary/aromatic N) is 2. The minimum Gasteiger partial charge on any atom is -0.315 e. The van der Waals surface area contributed by atoms with Crippen molar-refractivity contribution in [2.75, 3.05) is 23.9 Å². The average molecular weight is 453 g/mol. The van der Waals surface area contributed by atoms with Gasteiger partial charge in [-0.25, -0.2) is 0 Å². The molecule has 0 saturated heterocycles. The fourth-order valence-electron chi connectivity index (χ4n) is 3.78. The number of aryl methyl sites for hydroxylation is 2. The number of halogens is 4. The van der Waals surface area contributed by atoms with Crippen LogP contribution in [0.2, 0.25) is 20.1 Å². The van der Waals surface area contributed by atoms with E-state index in [-0.39, 0.29) is 21.0 Å². The Labute approximate surface area is 183 Å². The van der Waals surface area contributed by atoms with Gasteiger partial charge >= 0.3 is 0 Å². The predicted octanol–water partition coefficient (Wildman–Crippen LogP) is 7.06. The Morgan fingerprint density at radius 2 is 1.46 bits per heavy atom. The zero-order chi connectivity index (χ0) is 20.2. The molecule has 0 bridgehead atoms. The minimum absolute atomic E-state index is 0.179. The summed E-state index contributed by atoms with van der Waals surface area (Å²) < 4.78 is 0. The van der Waals surface area contributed by atoms with Crippen LogP contribution in [0.4, 0.5) is 11.4 Å². The van der Waals surface area contributed by atoms with Gasteiger partial charge in [0.05, 0.1) is 31.5 Å². The number of hydrogen-bond donors (Lipinski definition) is 1. The summed E-state index contributed by atoms with van der Waals surface area (Å²) in [5, 5.41) is 12.1. The highest BCUT2D eigenvalue weighted by atomic mass is 35.5. The molecule has 0 spiro atoms. The van der Waals surface area contributed by atoms with Crippen LogP contribution in [0.5, 0.6) is 0 Å². The molecule has 3 aromatic carbocycles. The van der Waals surface area contributed by atoms with Crippen molar-refractivity contribution in [2.24, 2.45) is 0 Å². The second-order valence-corrected chi connectivity index (χ2v) is 8.39. The number of hydrogen-bond acceptors (Lipinski definition) is 1. The number of benzene rings is 3. The molecule has 7 heteroatoms. The van der Waals surface area contributed by atoms with Gasteiger partial charge < -0.3 is 9.80 Å². The normalized spacial score (nSPS) is 12.5. The summed E-state index contributed by atoms with van der Waals surface area (Å²) in [6, 6.07) is 12.2. The number of nitrogens with one attached hydrogen (secondary N) is 1. The van der Waals surface area contributed by atoms with Crippen LogP contribution < -0.4 is 9.80 Å². The van der Waals surface area contributed by atoms with Crippen molar-refractivity contribution in [2.45, 2.75) is 12.8 Å². The summed E-state index contributed by atoms with van der Waals surface area (Å²) in [4.78, 5) is 3.47. The molecule has 1 aliphatic rings. The zero-order valence-electron chi connectivity index (χ0n) is 15.3. The van der Waals surface area contributed by atoms with Crippen molar-refractivity contribution in [3.05, 3.63) is 67.6 Å². The van der Waals surface area contributed by atoms with Crippen LogP contribution in [0.25, 0.3) is 10.8 Å². The molecule has 0 amide bonds. The van der Waals surface area contributed by atoms with E-state index in [0.717, 1.165) is 23.9 Å². The van der Waals surface area contributed by atoms with Gasteiger partial charge in [0.25, 0.3) is 0 Å². The first-order chi connectivity index (χ1) is 13.3. The van der Waals surface area contributed by atoms with E-state index in [0.29, 0.717) is 10.7 Å². The molecule has 4 rings (SSSR count). The van der Waals surface area contributed by atoms with Crippen LogP contribution in [-0.2, 0) is 12.8 Å². The fraction of sp³-hybridized carbons (Fsp3) is 0.190. The van der Waals surface area contributed by atoms with E-state index in [1.165, 1.54) is 16.5 Å². The average Bonchev–Trinajstić information content (AvgIpc) is 3.13. The molecular formula is C21H17Cl4N3. The molecule has 28 heavy (non-hydrogen) atoms. The van der Waals surface area contributed by atoms with Gasteiger partial charge in [-0.05, 0) is 41.5 Å². The Morgan fingerprint density at radius 3 is 2.18 bits per heavy atom. The Morgan fingerprint density at radius 1 is 0.821 bits per heavy atom. The minimum atomic E-state index is 0.179. The van der Waals surface area contributed by atoms with Gasteiger partial charge in [0.2, 0.25) is 5.96 Å². The summed E-state index contributed by atoms with van der Waals surface area (Å²) in [5.41, 5.74) is 4.20. The first kappa shape index (κ1) is 19.7. The smallest absolute Gasteiger partial charge is 0.202 e. The topological polar surface area (TPSA) is 30.3 Å². The van der Waals surface area contributed by atoms with E-state index in [4.69, 9.17) is 51.8 Å². The molecule has 0 radical (unpaired) electrons. The van der Waals surface area contributed by atoms with Crippen molar-refractivity contribution >= 4 is 74.5 Å². The van der Waals surface area contributed by atoms with Crippen LogP contribution in [0.3, 0.4) is 0 Å². The van der Waals surface area contributed by atoms with Crippen LogP contribution in [-0.4, -0.2) is 20.1 Å². The maximum absolute atomic E-state index is 8.74. The van der Waals surface area contributed by atoms with E-state index >= 15 is 0 Å². The third-order valence-electron chi connectivity index (χ3n) is 5.30. The number of guanidine groups is 1. The molecule has 3 nitrogen and oxygen atoms in total. The van der Waals surface area contributed by atoms with Crippen LogP contribution in [0.1, 0.15) is 11.1 Å². The van der Waals surface area contributed by atoms with Gasteiger partial charge in [0, 0.05) is 19.5 Å². The van der Waals surface area contributed by atoms with E-state index in [1.807, 2.05) is 11.9 Å². The summed E-state index contributed by atoms with van der Waals surface area (Å²) in [6.45, 7) is 0. The predicted molar refractivity (Wildman–Crippen MR) is 122 cm³/mol. The number of rotatable bonds is 2. The highest BCUT2D eigenvalue weighted by Gasteiger charge is 2.23. The van der Waals surface area contributed by atoms with Gasteiger partial charge in [0.15, 0.2) is 0 Å². The molecule has 0 heterocycles. The summed E-state index contributed by atoms with van der Waals surface area (Å²) in [7, 11) is 3.62. The zero-order valence-corrected chi connectivity index (χ0v) is 18.3. The van der Waals surface area contributed by atoms with Gasteiger partial charge in [-0.3, -0.25) is 5.41 Å². The Balaban J connectivity index is 1.75. The standard InChI is InChI=1S/C21H17Cl4N3/c1-27(15-9-8-12-7-6-11-4-3-5-13(15)17(11)12)21(26)28(2)16-10-14(22)18(23)20(25)19(16)24/h3-5,8-10,26H,6-7H2,1-2H3. The van der Waals surface area contributed by atoms with Crippen LogP contribution in [0.15, 0.2) is 36.4 Å². The summed E-state index contributed by atoms with van der Waals surface area (Å²) in [6.07, 6.45) is 2.13. The maximum atomic E-state index is 8.74. The lowest BCUT2D eigenvalue weighted by Crippen LogP contribution is -2.40. The maximum Gasteiger partial charge on any atom is 0.202 e. The quantitative estimate of drug-likeness (QED) is 0.195. The molecule has 0 atom stereocenters. The fourth-order valence-corrected chi connectivity index (χ4v) is 4.70. The molecule has 0 saturated carbocycles. The van der Waals surface area contributed by atoms with Gasteiger partial charge in [-0.15, -0.1) is 0 Å². The molecule has 0 fully saturated rings. The van der Waals surface area contributed by atoms with E-state index in [9.17, 15) is 0 Å². The molecule has 144 valence electrons. The third kappa shape index (κ3) is 3.02. The van der Waals surface area contributed by atoms with Crippen molar-refractivity contribution < 1.29 is 0 Å². The SMILES string of the molecule is CN(C(=N)N(C)c1ccc2c3c(cccc13)CC2)c1cc(Cl)c(Cl)c(Cl)c1Cl. The molecule has 0 aromatic heterocycles. The summed E-state index contributed by atoms with van der Waals surface area (Å²) in [5.74, 6) is 0.232. The second-order valence-electron chi connectivity index (χ2n) is 6.84. The lowest BCUT2D eigenvalue weighted by atomic mass is 10.0. The van der Waals surface area contributed by atoms with Crippen LogP contribution in [0, 0.1) is 5.41 Å². The molecule has 0 unspecified atom stereocenters. The second kappa shape index (κ2) is 7.31. The Hall–Kier alpha value is -1.65. The molecule has 1 N–H and O–H groups in total. The monoisotopic (exact) mass is 451 g/mol. The highest BCUT2D eigenvalue weighted by molar-refractivity contribution is 6.53. The van der Waals surface area contributed by atoms with Crippen LogP contribution >= 0.6 is 46.4 Å². The van der Waals surface area contributed by atoms with Gasteiger partial charge in [-0.2, -0.15) is 0 Å².